The van der Waals surface area contributed by atoms with Crippen LogP contribution in [0.25, 0.3) is 11.4 Å². The minimum Gasteiger partial charge on any atom is -0.456 e. The molecule has 13 nitrogen and oxygen atoms in total. The van der Waals surface area contributed by atoms with Crippen molar-refractivity contribution in [2.24, 2.45) is 0 Å². The fourth-order valence-corrected chi connectivity index (χ4v) is 5.87. The van der Waals surface area contributed by atoms with Crippen molar-refractivity contribution in [1.29, 1.82) is 5.26 Å². The Kier molecular flexibility index (Phi) is 10.1. The van der Waals surface area contributed by atoms with Gasteiger partial charge in [-0.15, -0.1) is 5.10 Å². The zero-order chi connectivity index (χ0) is 29.8. The SMILES string of the molecule is C.CNc1cc(C)cc(Oc2ccc(-c3nnnn3CCC#N)cc2S(=O)(=O)N2CCN(C(=O)OC(C)(C)C)CC2)c1. The molecule has 226 valence electrons. The van der Waals surface area contributed by atoms with E-state index < -0.39 is 21.7 Å². The molecule has 0 unspecified atom stereocenters. The molecule has 1 amide bonds. The predicted molar refractivity (Wildman–Crippen MR) is 158 cm³/mol. The molecule has 0 saturated carbocycles. The number of carbonyl (C=O) groups excluding carboxylic acids is 1. The quantitative estimate of drug-likeness (QED) is 0.397. The van der Waals surface area contributed by atoms with Crippen LogP contribution >= 0.6 is 0 Å². The van der Waals surface area contributed by atoms with Gasteiger partial charge in [0.1, 0.15) is 22.0 Å². The Morgan fingerprint density at radius 2 is 1.83 bits per heavy atom. The molecule has 2 heterocycles. The number of carbonyl (C=O) groups is 1. The molecule has 1 N–H and O–H groups in total. The van der Waals surface area contributed by atoms with Crippen molar-refractivity contribution >= 4 is 21.8 Å². The van der Waals surface area contributed by atoms with Crippen LogP contribution in [0.2, 0.25) is 0 Å². The van der Waals surface area contributed by atoms with Crippen molar-refractivity contribution in [2.45, 2.75) is 58.6 Å². The van der Waals surface area contributed by atoms with Crippen LogP contribution in [0.3, 0.4) is 0 Å². The number of sulfonamides is 1. The Hall–Kier alpha value is -4.22. The van der Waals surface area contributed by atoms with Gasteiger partial charge in [-0.2, -0.15) is 9.57 Å². The number of benzene rings is 2. The first kappa shape index (κ1) is 32.3. The van der Waals surface area contributed by atoms with Crippen LogP contribution in [-0.4, -0.2) is 82.8 Å². The lowest BCUT2D eigenvalue weighted by Gasteiger charge is -2.35. The minimum atomic E-state index is -4.08. The highest BCUT2D eigenvalue weighted by molar-refractivity contribution is 7.89. The second kappa shape index (κ2) is 13.2. The van der Waals surface area contributed by atoms with Gasteiger partial charge in [-0.1, -0.05) is 7.43 Å². The lowest BCUT2D eigenvalue weighted by molar-refractivity contribution is 0.0192. The van der Waals surface area contributed by atoms with Gasteiger partial charge >= 0.3 is 6.09 Å². The van der Waals surface area contributed by atoms with E-state index in [1.54, 1.807) is 46.0 Å². The Bertz CT molecular complexity index is 1550. The zero-order valence-corrected chi connectivity index (χ0v) is 24.6. The maximum Gasteiger partial charge on any atom is 0.410 e. The molecule has 0 spiro atoms. The van der Waals surface area contributed by atoms with Crippen LogP contribution in [0, 0.1) is 18.3 Å². The summed E-state index contributed by atoms with van der Waals surface area (Å²) in [7, 11) is -2.29. The first-order chi connectivity index (χ1) is 19.4. The number of aromatic nitrogens is 4. The molecular weight excluding hydrogens is 560 g/mol. The van der Waals surface area contributed by atoms with E-state index in [4.69, 9.17) is 14.7 Å². The Balaban J connectivity index is 0.00000484. The summed E-state index contributed by atoms with van der Waals surface area (Å²) < 4.78 is 42.5. The topological polar surface area (TPSA) is 156 Å². The first-order valence-electron chi connectivity index (χ1n) is 13.1. The van der Waals surface area contributed by atoms with Crippen LogP contribution < -0.4 is 10.1 Å². The molecule has 3 aromatic rings. The normalized spacial score (nSPS) is 14.0. The van der Waals surface area contributed by atoms with Crippen molar-refractivity contribution in [2.75, 3.05) is 38.5 Å². The number of ether oxygens (including phenoxy) is 2. The van der Waals surface area contributed by atoms with Gasteiger partial charge in [0.15, 0.2) is 5.82 Å². The highest BCUT2D eigenvalue weighted by Crippen LogP contribution is 2.36. The van der Waals surface area contributed by atoms with Crippen molar-refractivity contribution in [3.63, 3.8) is 0 Å². The number of amides is 1. The average Bonchev–Trinajstić information content (AvgIpc) is 3.39. The monoisotopic (exact) mass is 598 g/mol. The van der Waals surface area contributed by atoms with Crippen LogP contribution in [0.15, 0.2) is 41.3 Å². The number of piperazine rings is 1. The third kappa shape index (κ3) is 7.54. The van der Waals surface area contributed by atoms with Gasteiger partial charge in [0.05, 0.1) is 19.0 Å². The largest absolute Gasteiger partial charge is 0.456 e. The van der Waals surface area contributed by atoms with Crippen molar-refractivity contribution < 1.29 is 22.7 Å². The van der Waals surface area contributed by atoms with E-state index in [2.05, 4.69) is 26.9 Å². The summed E-state index contributed by atoms with van der Waals surface area (Å²) in [4.78, 5) is 14.0. The third-order valence-corrected chi connectivity index (χ3v) is 8.16. The van der Waals surface area contributed by atoms with Gasteiger partial charge in [-0.3, -0.25) is 0 Å². The second-order valence-corrected chi connectivity index (χ2v) is 12.5. The number of anilines is 1. The van der Waals surface area contributed by atoms with Crippen molar-refractivity contribution in [1.82, 2.24) is 29.4 Å². The summed E-state index contributed by atoms with van der Waals surface area (Å²) >= 11 is 0. The van der Waals surface area contributed by atoms with Gasteiger partial charge < -0.3 is 19.7 Å². The molecule has 4 rings (SSSR count). The van der Waals surface area contributed by atoms with Crippen LogP contribution in [0.1, 0.15) is 40.2 Å². The molecule has 1 aromatic heterocycles. The molecule has 42 heavy (non-hydrogen) atoms. The predicted octanol–water partition coefficient (Wildman–Crippen LogP) is 4.27. The molecule has 14 heteroatoms. The van der Waals surface area contributed by atoms with Crippen molar-refractivity contribution in [3.05, 3.63) is 42.0 Å². The van der Waals surface area contributed by atoms with Gasteiger partial charge in [-0.05, 0) is 74.0 Å². The summed E-state index contributed by atoms with van der Waals surface area (Å²) in [5, 5.41) is 23.8. The molecule has 0 aliphatic carbocycles. The maximum absolute atomic E-state index is 14.1. The van der Waals surface area contributed by atoms with Gasteiger partial charge in [0.25, 0.3) is 0 Å². The fourth-order valence-electron chi connectivity index (χ4n) is 4.31. The van der Waals surface area contributed by atoms with Crippen LogP contribution in [0.5, 0.6) is 11.5 Å². The van der Waals surface area contributed by atoms with E-state index in [-0.39, 0.29) is 57.2 Å². The molecule has 0 radical (unpaired) electrons. The number of nitrogens with one attached hydrogen (secondary N) is 1. The Morgan fingerprint density at radius 1 is 1.12 bits per heavy atom. The van der Waals surface area contributed by atoms with Gasteiger partial charge in [-0.25, -0.2) is 17.9 Å². The molecule has 1 fully saturated rings. The first-order valence-corrected chi connectivity index (χ1v) is 14.6. The number of hydrogen-bond donors (Lipinski definition) is 1. The summed E-state index contributed by atoms with van der Waals surface area (Å²) in [5.74, 6) is 0.921. The van der Waals surface area contributed by atoms with Crippen LogP contribution in [-0.2, 0) is 21.3 Å². The molecule has 2 aromatic carbocycles. The van der Waals surface area contributed by atoms with E-state index in [1.165, 1.54) is 20.0 Å². The lowest BCUT2D eigenvalue weighted by atomic mass is 10.2. The average molecular weight is 599 g/mol. The lowest BCUT2D eigenvalue weighted by Crippen LogP contribution is -2.51. The molecule has 1 saturated heterocycles. The Morgan fingerprint density at radius 3 is 2.48 bits per heavy atom. The molecule has 1 aliphatic rings. The van der Waals surface area contributed by atoms with Gasteiger partial charge in [0.2, 0.25) is 10.0 Å². The number of rotatable bonds is 8. The summed E-state index contributed by atoms with van der Waals surface area (Å²) in [6.07, 6.45) is -0.294. The fraction of sp³-hybridized carbons (Fsp3) is 0.464. The van der Waals surface area contributed by atoms with E-state index in [0.717, 1.165) is 11.3 Å². The number of nitriles is 1. The zero-order valence-electron chi connectivity index (χ0n) is 23.8. The van der Waals surface area contributed by atoms with E-state index >= 15 is 0 Å². The Labute approximate surface area is 247 Å². The number of hydrogen-bond acceptors (Lipinski definition) is 10. The van der Waals surface area contributed by atoms with E-state index in [0.29, 0.717) is 17.1 Å². The highest BCUT2D eigenvalue weighted by atomic mass is 32.2. The van der Waals surface area contributed by atoms with Crippen LogP contribution in [0.4, 0.5) is 10.5 Å². The summed E-state index contributed by atoms with van der Waals surface area (Å²) in [5.41, 5.74) is 1.55. The van der Waals surface area contributed by atoms with E-state index in [9.17, 15) is 13.2 Å². The van der Waals surface area contributed by atoms with Crippen molar-refractivity contribution in [3.8, 4) is 29.0 Å². The molecule has 1 aliphatic heterocycles. The summed E-state index contributed by atoms with van der Waals surface area (Å²) in [6.45, 7) is 8.04. The number of aryl methyl sites for hydroxylation is 2. The maximum atomic E-state index is 14.1. The molecule has 0 bridgehead atoms. The smallest absolute Gasteiger partial charge is 0.410 e. The number of nitrogens with zero attached hydrogens (tertiary/aromatic N) is 7. The second-order valence-electron chi connectivity index (χ2n) is 10.6. The standard InChI is InChI=1S/C27H34N8O5S.CH4/c1-19-15-21(29-5)18-22(16-19)39-23-8-7-20(25-30-31-32-35(25)10-6-9-28)17-24(23)41(37,38)34-13-11-33(12-14-34)26(36)40-27(2,3)4;/h7-8,15-18,29H,6,10-14H2,1-5H3;1H4. The highest BCUT2D eigenvalue weighted by Gasteiger charge is 2.34. The number of tetrazole rings is 1. The minimum absolute atomic E-state index is 0. The molecule has 0 atom stereocenters. The summed E-state index contributed by atoms with van der Waals surface area (Å²) in [6, 6.07) is 12.3. The molecular formula is C28H38N8O5S. The third-order valence-electron chi connectivity index (χ3n) is 6.24. The van der Waals surface area contributed by atoms with Gasteiger partial charge in [0, 0.05) is 50.5 Å². The van der Waals surface area contributed by atoms with E-state index in [1.807, 2.05) is 19.1 Å².